The number of ether oxygens (including phenoxy) is 2. The van der Waals surface area contributed by atoms with Gasteiger partial charge in [0.2, 0.25) is 5.91 Å². The Morgan fingerprint density at radius 3 is 2.96 bits per heavy atom. The fourth-order valence-corrected chi connectivity index (χ4v) is 3.21. The highest BCUT2D eigenvalue weighted by molar-refractivity contribution is 5.93. The number of anilines is 1. The Bertz CT molecular complexity index is 980. The van der Waals surface area contributed by atoms with Gasteiger partial charge in [-0.05, 0) is 42.8 Å². The van der Waals surface area contributed by atoms with E-state index >= 15 is 0 Å². The van der Waals surface area contributed by atoms with E-state index in [0.717, 1.165) is 23.3 Å². The topological polar surface area (TPSA) is 73.6 Å². The average molecular weight is 364 g/mol. The molecule has 0 aliphatic carbocycles. The molecule has 2 heterocycles. The van der Waals surface area contributed by atoms with Gasteiger partial charge in [0, 0.05) is 18.1 Å². The summed E-state index contributed by atoms with van der Waals surface area (Å²) in [6.45, 7) is 2.05. The van der Waals surface area contributed by atoms with Crippen molar-refractivity contribution >= 4 is 11.6 Å². The van der Waals surface area contributed by atoms with Crippen LogP contribution in [0.1, 0.15) is 18.2 Å². The van der Waals surface area contributed by atoms with Gasteiger partial charge in [0.15, 0.2) is 5.76 Å². The molecule has 0 saturated carbocycles. The van der Waals surface area contributed by atoms with Gasteiger partial charge in [-0.2, -0.15) is 0 Å². The molecule has 1 amide bonds. The first kappa shape index (κ1) is 17.1. The van der Waals surface area contributed by atoms with Crippen molar-refractivity contribution in [3.05, 3.63) is 59.8 Å². The lowest BCUT2D eigenvalue weighted by atomic mass is 10.1. The van der Waals surface area contributed by atoms with Crippen LogP contribution < -0.4 is 14.8 Å². The normalized spacial score (nSPS) is 15.1. The van der Waals surface area contributed by atoms with Gasteiger partial charge in [-0.15, -0.1) is 0 Å². The van der Waals surface area contributed by atoms with Crippen molar-refractivity contribution in [3.63, 3.8) is 0 Å². The van der Waals surface area contributed by atoms with Crippen LogP contribution in [0.25, 0.3) is 11.3 Å². The minimum Gasteiger partial charge on any atom is -0.495 e. The Balaban J connectivity index is 1.45. The molecule has 1 aromatic heterocycles. The predicted octanol–water partition coefficient (Wildman–Crippen LogP) is 3.85. The highest BCUT2D eigenvalue weighted by atomic mass is 16.5. The molecule has 0 fully saturated rings. The molecule has 1 N–H and O–H groups in total. The molecular weight excluding hydrogens is 344 g/mol. The number of rotatable bonds is 5. The van der Waals surface area contributed by atoms with Gasteiger partial charge in [-0.3, -0.25) is 4.79 Å². The molecule has 2 aromatic carbocycles. The predicted molar refractivity (Wildman–Crippen MR) is 101 cm³/mol. The molecule has 1 aliphatic heterocycles. The molecule has 1 aliphatic rings. The van der Waals surface area contributed by atoms with Gasteiger partial charge in [-0.25, -0.2) is 0 Å². The first-order valence-electron chi connectivity index (χ1n) is 8.81. The number of fused-ring (bicyclic) bond motifs is 1. The fourth-order valence-electron chi connectivity index (χ4n) is 3.21. The minimum absolute atomic E-state index is 0.118. The van der Waals surface area contributed by atoms with Crippen LogP contribution >= 0.6 is 0 Å². The molecule has 138 valence electrons. The number of benzene rings is 2. The van der Waals surface area contributed by atoms with Crippen LogP contribution in [0.5, 0.6) is 11.5 Å². The molecule has 0 radical (unpaired) electrons. The van der Waals surface area contributed by atoms with E-state index in [1.807, 2.05) is 31.2 Å². The number of aromatic nitrogens is 1. The van der Waals surface area contributed by atoms with Crippen LogP contribution in [0.15, 0.2) is 53.1 Å². The summed E-state index contributed by atoms with van der Waals surface area (Å²) in [5.74, 6) is 1.98. The first-order valence-corrected chi connectivity index (χ1v) is 8.81. The molecule has 0 saturated heterocycles. The van der Waals surface area contributed by atoms with Crippen molar-refractivity contribution in [2.24, 2.45) is 0 Å². The number of amides is 1. The lowest BCUT2D eigenvalue weighted by Gasteiger charge is -2.08. The van der Waals surface area contributed by atoms with Crippen LogP contribution in [0.3, 0.4) is 0 Å². The van der Waals surface area contributed by atoms with E-state index in [-0.39, 0.29) is 18.4 Å². The molecular formula is C21H20N2O4. The lowest BCUT2D eigenvalue weighted by molar-refractivity contribution is -0.115. The summed E-state index contributed by atoms with van der Waals surface area (Å²) in [4.78, 5) is 12.3. The second kappa shape index (κ2) is 7.15. The van der Waals surface area contributed by atoms with E-state index in [2.05, 4.69) is 16.5 Å². The molecule has 0 spiro atoms. The molecule has 4 rings (SSSR count). The van der Waals surface area contributed by atoms with Gasteiger partial charge in [0.25, 0.3) is 0 Å². The monoisotopic (exact) mass is 364 g/mol. The summed E-state index contributed by atoms with van der Waals surface area (Å²) in [7, 11) is 1.57. The Hall–Kier alpha value is -3.28. The first-order chi connectivity index (χ1) is 13.1. The van der Waals surface area contributed by atoms with Gasteiger partial charge in [-0.1, -0.05) is 17.3 Å². The van der Waals surface area contributed by atoms with Gasteiger partial charge >= 0.3 is 0 Å². The third kappa shape index (κ3) is 3.65. The van der Waals surface area contributed by atoms with Crippen LogP contribution in [0.2, 0.25) is 0 Å². The summed E-state index contributed by atoms with van der Waals surface area (Å²) in [5.41, 5.74) is 3.28. The minimum atomic E-state index is -0.185. The van der Waals surface area contributed by atoms with E-state index < -0.39 is 0 Å². The number of hydrogen-bond donors (Lipinski definition) is 1. The number of hydrogen-bond acceptors (Lipinski definition) is 5. The quantitative estimate of drug-likeness (QED) is 0.744. The summed E-state index contributed by atoms with van der Waals surface area (Å²) >= 11 is 0. The van der Waals surface area contributed by atoms with E-state index in [1.165, 1.54) is 0 Å². The van der Waals surface area contributed by atoms with Crippen LogP contribution in [0, 0.1) is 0 Å². The Kier molecular flexibility index (Phi) is 4.54. The second-order valence-electron chi connectivity index (χ2n) is 6.56. The van der Waals surface area contributed by atoms with Gasteiger partial charge < -0.3 is 19.3 Å². The third-order valence-electron chi connectivity index (χ3n) is 4.46. The van der Waals surface area contributed by atoms with E-state index in [0.29, 0.717) is 22.9 Å². The zero-order valence-corrected chi connectivity index (χ0v) is 15.2. The standard InChI is InChI=1S/C21H20N2O4/c1-13-9-15-10-14(7-8-18(15)26-13)20-11-16(23-27-20)12-21(24)22-17-5-3-4-6-19(17)25-2/h3-8,10-11,13H,9,12H2,1-2H3,(H,22,24). The SMILES string of the molecule is COc1ccccc1NC(=O)Cc1cc(-c2ccc3c(c2)CC(C)O3)on1. The van der Waals surface area contributed by atoms with E-state index in [1.54, 1.807) is 25.3 Å². The van der Waals surface area contributed by atoms with Crippen molar-refractivity contribution in [2.75, 3.05) is 12.4 Å². The molecule has 1 atom stereocenters. The average Bonchev–Trinajstić information content (AvgIpc) is 3.26. The van der Waals surface area contributed by atoms with E-state index in [9.17, 15) is 4.79 Å². The Labute approximate surface area is 157 Å². The number of methoxy groups -OCH3 is 1. The highest BCUT2D eigenvalue weighted by Crippen LogP contribution is 2.33. The molecule has 6 heteroatoms. The number of carbonyl (C=O) groups excluding carboxylic acids is 1. The maximum atomic E-state index is 12.3. The summed E-state index contributed by atoms with van der Waals surface area (Å²) in [5, 5.41) is 6.86. The molecule has 3 aromatic rings. The highest BCUT2D eigenvalue weighted by Gasteiger charge is 2.20. The maximum absolute atomic E-state index is 12.3. The largest absolute Gasteiger partial charge is 0.495 e. The lowest BCUT2D eigenvalue weighted by Crippen LogP contribution is -2.15. The zero-order valence-electron chi connectivity index (χ0n) is 15.2. The Morgan fingerprint density at radius 2 is 2.11 bits per heavy atom. The molecule has 6 nitrogen and oxygen atoms in total. The smallest absolute Gasteiger partial charge is 0.230 e. The molecule has 27 heavy (non-hydrogen) atoms. The van der Waals surface area contributed by atoms with Crippen LogP contribution in [0.4, 0.5) is 5.69 Å². The number of carbonyl (C=O) groups is 1. The van der Waals surface area contributed by atoms with Crippen molar-refractivity contribution in [1.29, 1.82) is 0 Å². The van der Waals surface area contributed by atoms with Crippen molar-refractivity contribution < 1.29 is 18.8 Å². The third-order valence-corrected chi connectivity index (χ3v) is 4.46. The molecule has 0 bridgehead atoms. The van der Waals surface area contributed by atoms with E-state index in [4.69, 9.17) is 14.0 Å². The van der Waals surface area contributed by atoms with Crippen LogP contribution in [-0.4, -0.2) is 24.3 Å². The number of para-hydroxylation sites is 2. The summed E-state index contributed by atoms with van der Waals surface area (Å²) < 4.78 is 16.4. The van der Waals surface area contributed by atoms with Gasteiger partial charge in [0.1, 0.15) is 17.6 Å². The summed E-state index contributed by atoms with van der Waals surface area (Å²) in [6, 6.07) is 15.0. The second-order valence-corrected chi connectivity index (χ2v) is 6.56. The van der Waals surface area contributed by atoms with Crippen molar-refractivity contribution in [2.45, 2.75) is 25.9 Å². The van der Waals surface area contributed by atoms with Crippen molar-refractivity contribution in [1.82, 2.24) is 5.16 Å². The van der Waals surface area contributed by atoms with Crippen molar-refractivity contribution in [3.8, 4) is 22.8 Å². The maximum Gasteiger partial charge on any atom is 0.230 e. The van der Waals surface area contributed by atoms with Gasteiger partial charge in [0.05, 0.1) is 24.9 Å². The summed E-state index contributed by atoms with van der Waals surface area (Å²) in [6.07, 6.45) is 1.19. The molecule has 1 unspecified atom stereocenters. The Morgan fingerprint density at radius 1 is 1.26 bits per heavy atom. The fraction of sp³-hybridized carbons (Fsp3) is 0.238. The number of nitrogens with one attached hydrogen (secondary N) is 1. The zero-order chi connectivity index (χ0) is 18.8. The number of nitrogens with zero attached hydrogens (tertiary/aromatic N) is 1. The van der Waals surface area contributed by atoms with Crippen LogP contribution in [-0.2, 0) is 17.6 Å².